The maximum atomic E-state index is 12.8. The lowest BCUT2D eigenvalue weighted by molar-refractivity contribution is -0.0982. The first-order chi connectivity index (χ1) is 4.54. The molecule has 1 rings (SSSR count). The number of hydrogen-bond donors (Lipinski definition) is 0. The van der Waals surface area contributed by atoms with Gasteiger partial charge in [0.15, 0.2) is 0 Å². The second-order valence-corrected chi connectivity index (χ2v) is 3.42. The zero-order chi connectivity index (χ0) is 7.78. The van der Waals surface area contributed by atoms with Crippen LogP contribution in [0, 0.1) is 11.8 Å². The Kier molecular flexibility index (Phi) is 1.97. The summed E-state index contributed by atoms with van der Waals surface area (Å²) in [4.78, 5) is 0. The van der Waals surface area contributed by atoms with Crippen molar-refractivity contribution in [1.82, 2.24) is 0 Å². The Bertz CT molecular complexity index is 120. The van der Waals surface area contributed by atoms with E-state index in [0.717, 1.165) is 6.42 Å². The molecule has 0 N–H and O–H groups in total. The van der Waals surface area contributed by atoms with Crippen molar-refractivity contribution in [1.29, 1.82) is 0 Å². The molecular formula is C8H14F2. The molecule has 2 unspecified atom stereocenters. The monoisotopic (exact) mass is 148 g/mol. The Morgan fingerprint density at radius 3 is 2.30 bits per heavy atom. The second kappa shape index (κ2) is 2.48. The van der Waals surface area contributed by atoms with Crippen LogP contribution in [0.25, 0.3) is 0 Å². The molecule has 0 aliphatic heterocycles. The first-order valence-corrected chi connectivity index (χ1v) is 3.92. The van der Waals surface area contributed by atoms with Crippen molar-refractivity contribution in [2.75, 3.05) is 0 Å². The maximum absolute atomic E-state index is 12.8. The summed E-state index contributed by atoms with van der Waals surface area (Å²) in [5, 5.41) is 0. The molecule has 0 amide bonds. The van der Waals surface area contributed by atoms with Gasteiger partial charge in [-0.15, -0.1) is 0 Å². The van der Waals surface area contributed by atoms with Crippen LogP contribution in [0.3, 0.4) is 0 Å². The van der Waals surface area contributed by atoms with Gasteiger partial charge in [-0.05, 0) is 12.3 Å². The van der Waals surface area contributed by atoms with E-state index in [1.54, 1.807) is 6.92 Å². The SMILES string of the molecule is CC1CCCC(F)(F)C1C. The first kappa shape index (κ1) is 7.96. The summed E-state index contributed by atoms with van der Waals surface area (Å²) in [6.07, 6.45) is 1.76. The molecule has 1 aliphatic carbocycles. The van der Waals surface area contributed by atoms with Crippen molar-refractivity contribution in [3.8, 4) is 0 Å². The van der Waals surface area contributed by atoms with Crippen molar-refractivity contribution in [2.45, 2.75) is 39.0 Å². The second-order valence-electron chi connectivity index (χ2n) is 3.42. The quantitative estimate of drug-likeness (QED) is 0.495. The molecule has 0 spiro atoms. The van der Waals surface area contributed by atoms with Crippen LogP contribution in [0.5, 0.6) is 0 Å². The van der Waals surface area contributed by atoms with Crippen molar-refractivity contribution in [2.24, 2.45) is 11.8 Å². The Morgan fingerprint density at radius 2 is 1.90 bits per heavy atom. The Balaban J connectivity index is 2.60. The highest BCUT2D eigenvalue weighted by molar-refractivity contribution is 4.82. The highest BCUT2D eigenvalue weighted by Gasteiger charge is 2.41. The molecule has 2 atom stereocenters. The molecule has 0 bridgehead atoms. The zero-order valence-electron chi connectivity index (χ0n) is 6.53. The molecule has 0 aromatic carbocycles. The van der Waals surface area contributed by atoms with Gasteiger partial charge in [0.25, 0.3) is 5.92 Å². The number of rotatable bonds is 0. The fraction of sp³-hybridized carbons (Fsp3) is 1.00. The summed E-state index contributed by atoms with van der Waals surface area (Å²) in [7, 11) is 0. The molecule has 60 valence electrons. The predicted octanol–water partition coefficient (Wildman–Crippen LogP) is 3.08. The van der Waals surface area contributed by atoms with Gasteiger partial charge in [-0.3, -0.25) is 0 Å². The molecular weight excluding hydrogens is 134 g/mol. The van der Waals surface area contributed by atoms with Gasteiger partial charge in [0.2, 0.25) is 0 Å². The fourth-order valence-electron chi connectivity index (χ4n) is 1.55. The lowest BCUT2D eigenvalue weighted by Crippen LogP contribution is -2.34. The maximum Gasteiger partial charge on any atom is 0.250 e. The van der Waals surface area contributed by atoms with E-state index in [1.165, 1.54) is 0 Å². The summed E-state index contributed by atoms with van der Waals surface area (Å²) in [6, 6.07) is 0. The first-order valence-electron chi connectivity index (χ1n) is 3.92. The third-order valence-corrected chi connectivity index (χ3v) is 2.69. The van der Waals surface area contributed by atoms with Crippen LogP contribution in [0.2, 0.25) is 0 Å². The largest absolute Gasteiger partial charge is 0.250 e. The van der Waals surface area contributed by atoms with E-state index in [0.29, 0.717) is 6.42 Å². The van der Waals surface area contributed by atoms with Crippen LogP contribution >= 0.6 is 0 Å². The minimum atomic E-state index is -2.39. The number of alkyl halides is 2. The van der Waals surface area contributed by atoms with E-state index in [2.05, 4.69) is 0 Å². The Labute approximate surface area is 60.6 Å². The summed E-state index contributed by atoms with van der Waals surface area (Å²) in [6.45, 7) is 3.57. The van der Waals surface area contributed by atoms with E-state index in [4.69, 9.17) is 0 Å². The minimum Gasteiger partial charge on any atom is -0.207 e. The van der Waals surface area contributed by atoms with Crippen LogP contribution in [0.15, 0.2) is 0 Å². The minimum absolute atomic E-state index is 0.0957. The van der Waals surface area contributed by atoms with Gasteiger partial charge in [0.05, 0.1) is 0 Å². The van der Waals surface area contributed by atoms with Gasteiger partial charge in [0.1, 0.15) is 0 Å². The molecule has 2 heteroatoms. The fourth-order valence-corrected chi connectivity index (χ4v) is 1.55. The van der Waals surface area contributed by atoms with Gasteiger partial charge in [0, 0.05) is 12.3 Å². The summed E-state index contributed by atoms with van der Waals surface area (Å²) < 4.78 is 25.7. The third kappa shape index (κ3) is 1.30. The molecule has 0 aromatic heterocycles. The molecule has 10 heavy (non-hydrogen) atoms. The van der Waals surface area contributed by atoms with Gasteiger partial charge in [-0.1, -0.05) is 20.3 Å². The third-order valence-electron chi connectivity index (χ3n) is 2.69. The van der Waals surface area contributed by atoms with Crippen molar-refractivity contribution >= 4 is 0 Å². The molecule has 0 heterocycles. The van der Waals surface area contributed by atoms with Crippen LogP contribution in [0.4, 0.5) is 8.78 Å². The van der Waals surface area contributed by atoms with Crippen LogP contribution in [-0.4, -0.2) is 5.92 Å². The van der Waals surface area contributed by atoms with Crippen LogP contribution in [-0.2, 0) is 0 Å². The van der Waals surface area contributed by atoms with Gasteiger partial charge < -0.3 is 0 Å². The van der Waals surface area contributed by atoms with Gasteiger partial charge in [-0.25, -0.2) is 8.78 Å². The van der Waals surface area contributed by atoms with Crippen molar-refractivity contribution in [3.63, 3.8) is 0 Å². The van der Waals surface area contributed by atoms with E-state index in [9.17, 15) is 8.78 Å². The van der Waals surface area contributed by atoms with Crippen molar-refractivity contribution < 1.29 is 8.78 Å². The smallest absolute Gasteiger partial charge is 0.207 e. The van der Waals surface area contributed by atoms with E-state index < -0.39 is 11.8 Å². The molecule has 0 radical (unpaired) electrons. The number of hydrogen-bond acceptors (Lipinski definition) is 0. The van der Waals surface area contributed by atoms with Gasteiger partial charge in [-0.2, -0.15) is 0 Å². The molecule has 0 saturated heterocycles. The van der Waals surface area contributed by atoms with Crippen LogP contribution < -0.4 is 0 Å². The normalized spacial score (nSPS) is 39.6. The number of halogens is 2. The lowest BCUT2D eigenvalue weighted by Gasteiger charge is -2.33. The average molecular weight is 148 g/mol. The Hall–Kier alpha value is -0.140. The molecule has 1 aliphatic rings. The Morgan fingerprint density at radius 1 is 1.30 bits per heavy atom. The summed E-state index contributed by atoms with van der Waals surface area (Å²) in [5.41, 5.74) is 0. The lowest BCUT2D eigenvalue weighted by atomic mass is 9.79. The summed E-state index contributed by atoms with van der Waals surface area (Å²) >= 11 is 0. The topological polar surface area (TPSA) is 0 Å². The molecule has 1 saturated carbocycles. The standard InChI is InChI=1S/C8H14F2/c1-6-4-3-5-8(9,10)7(6)2/h6-7H,3-5H2,1-2H3. The summed E-state index contributed by atoms with van der Waals surface area (Å²) in [5.74, 6) is -2.61. The molecule has 1 fully saturated rings. The van der Waals surface area contributed by atoms with Crippen LogP contribution in [0.1, 0.15) is 33.1 Å². The van der Waals surface area contributed by atoms with E-state index >= 15 is 0 Å². The highest BCUT2D eigenvalue weighted by Crippen LogP contribution is 2.41. The van der Waals surface area contributed by atoms with Gasteiger partial charge >= 0.3 is 0 Å². The van der Waals surface area contributed by atoms with E-state index in [1.807, 2.05) is 6.92 Å². The van der Waals surface area contributed by atoms with Crippen molar-refractivity contribution in [3.05, 3.63) is 0 Å². The highest BCUT2D eigenvalue weighted by atomic mass is 19.3. The predicted molar refractivity (Wildman–Crippen MR) is 37.1 cm³/mol. The van der Waals surface area contributed by atoms with E-state index in [-0.39, 0.29) is 12.3 Å². The average Bonchev–Trinajstić information content (AvgIpc) is 1.83. The molecule has 0 nitrogen and oxygen atoms in total. The zero-order valence-corrected chi connectivity index (χ0v) is 6.53. The molecule has 0 aromatic rings.